The van der Waals surface area contributed by atoms with Crippen molar-refractivity contribution < 1.29 is 9.59 Å². The Morgan fingerprint density at radius 2 is 1.60 bits per heavy atom. The number of para-hydroxylation sites is 1. The molecule has 10 N–H and O–H groups in total. The van der Waals surface area contributed by atoms with Crippen LogP contribution in [0.15, 0.2) is 71.9 Å². The van der Waals surface area contributed by atoms with Crippen molar-refractivity contribution in [2.24, 2.45) is 22.2 Å². The minimum Gasteiger partial charge on any atom is -0.355 e. The van der Waals surface area contributed by atoms with E-state index in [-0.39, 0.29) is 11.8 Å². The van der Waals surface area contributed by atoms with Crippen LogP contribution in [0.4, 0.5) is 5.69 Å². The molecule has 1 aromatic heterocycles. The van der Waals surface area contributed by atoms with E-state index in [0.717, 1.165) is 16.5 Å². The van der Waals surface area contributed by atoms with E-state index in [1.54, 1.807) is 6.20 Å². The van der Waals surface area contributed by atoms with E-state index < -0.39 is 12.1 Å². The van der Waals surface area contributed by atoms with Gasteiger partial charge in [0.05, 0.1) is 23.4 Å². The maximum atomic E-state index is 13.3. The number of carbonyl (C=O) groups is 2. The predicted octanol–water partition coefficient (Wildman–Crippen LogP) is 0.851. The van der Waals surface area contributed by atoms with Gasteiger partial charge in [0.25, 0.3) is 0 Å². The van der Waals surface area contributed by atoms with Gasteiger partial charge in [-0.25, -0.2) is 0 Å². The van der Waals surface area contributed by atoms with Crippen molar-refractivity contribution in [1.29, 1.82) is 0 Å². The summed E-state index contributed by atoms with van der Waals surface area (Å²) < 4.78 is 0. The molecule has 0 spiro atoms. The zero-order chi connectivity index (χ0) is 28.6. The van der Waals surface area contributed by atoms with Crippen LogP contribution in [-0.2, 0) is 16.0 Å². The van der Waals surface area contributed by atoms with Crippen LogP contribution >= 0.6 is 0 Å². The van der Waals surface area contributed by atoms with E-state index in [1.807, 2.05) is 60.7 Å². The number of hydrogen-bond donors (Lipinski definition) is 7. The van der Waals surface area contributed by atoms with E-state index in [2.05, 4.69) is 31.2 Å². The molecule has 0 bridgehead atoms. The lowest BCUT2D eigenvalue weighted by Gasteiger charge is -2.21. The smallest absolute Gasteiger partial charge is 0.247 e. The predicted molar refractivity (Wildman–Crippen MR) is 161 cm³/mol. The first-order chi connectivity index (χ1) is 19.5. The molecule has 11 nitrogen and oxygen atoms in total. The quantitative estimate of drug-likeness (QED) is 0.0829. The standard InChI is InChI=1S/C29H41N9O2/c30-14-17-34-29(35-18-15-31)33-16-6-10-24(32)27(39)38-26(13-12-21-7-2-1-3-8-21)28(40)37-23-19-22-9-4-5-11-25(22)36-20-23/h1-5,7-9,11,19-20,24,26H,6,10,12-18,30-32H2,(H,37,40)(H,38,39)(H2,33,34,35)/t24-,26-/m0/s1. The summed E-state index contributed by atoms with van der Waals surface area (Å²) in [6, 6.07) is 17.8. The molecule has 11 heteroatoms. The Morgan fingerprint density at radius 1 is 0.900 bits per heavy atom. The number of guanidine groups is 1. The Morgan fingerprint density at radius 3 is 2.33 bits per heavy atom. The Balaban J connectivity index is 1.59. The van der Waals surface area contributed by atoms with Crippen molar-refractivity contribution in [1.82, 2.24) is 20.9 Å². The number of carbonyl (C=O) groups excluding carboxylic acids is 2. The second kappa shape index (κ2) is 16.8. The Labute approximate surface area is 235 Å². The highest BCUT2D eigenvalue weighted by molar-refractivity contribution is 5.98. The average Bonchev–Trinajstić information content (AvgIpc) is 2.98. The van der Waals surface area contributed by atoms with Gasteiger partial charge in [-0.1, -0.05) is 48.5 Å². The maximum Gasteiger partial charge on any atom is 0.247 e. The number of rotatable bonds is 15. The molecule has 0 aliphatic rings. The molecule has 40 heavy (non-hydrogen) atoms. The number of pyridine rings is 1. The number of nitrogens with two attached hydrogens (primary N) is 3. The maximum absolute atomic E-state index is 13.3. The number of fused-ring (bicyclic) bond motifs is 1. The van der Waals surface area contributed by atoms with Gasteiger partial charge in [0.1, 0.15) is 6.04 Å². The van der Waals surface area contributed by atoms with Gasteiger partial charge in [0.2, 0.25) is 11.8 Å². The van der Waals surface area contributed by atoms with Gasteiger partial charge in [-0.2, -0.15) is 0 Å². The van der Waals surface area contributed by atoms with Crippen LogP contribution in [-0.4, -0.2) is 67.6 Å². The Hall–Kier alpha value is -4.06. The van der Waals surface area contributed by atoms with Crippen molar-refractivity contribution in [3.8, 4) is 0 Å². The number of aliphatic imine (C=N–C) groups is 1. The number of anilines is 1. The molecule has 2 aromatic carbocycles. The summed E-state index contributed by atoms with van der Waals surface area (Å²) in [6.45, 7) is 2.59. The molecule has 1 heterocycles. The van der Waals surface area contributed by atoms with Crippen LogP contribution < -0.4 is 38.5 Å². The highest BCUT2D eigenvalue weighted by Gasteiger charge is 2.24. The van der Waals surface area contributed by atoms with Crippen molar-refractivity contribution >= 4 is 34.4 Å². The zero-order valence-corrected chi connectivity index (χ0v) is 22.8. The molecule has 2 amide bonds. The molecule has 0 aliphatic carbocycles. The number of aryl methyl sites for hydroxylation is 1. The van der Waals surface area contributed by atoms with Gasteiger partial charge in [0, 0.05) is 38.1 Å². The lowest BCUT2D eigenvalue weighted by Crippen LogP contribution is -2.50. The van der Waals surface area contributed by atoms with Crippen LogP contribution in [0.5, 0.6) is 0 Å². The molecule has 2 atom stereocenters. The van der Waals surface area contributed by atoms with Gasteiger partial charge in [0.15, 0.2) is 5.96 Å². The van der Waals surface area contributed by atoms with E-state index in [9.17, 15) is 9.59 Å². The van der Waals surface area contributed by atoms with E-state index in [4.69, 9.17) is 17.2 Å². The van der Waals surface area contributed by atoms with Crippen LogP contribution in [0.2, 0.25) is 0 Å². The molecule has 3 aromatic rings. The first kappa shape index (κ1) is 30.5. The molecular weight excluding hydrogens is 506 g/mol. The van der Waals surface area contributed by atoms with Crippen molar-refractivity contribution in [3.05, 3.63) is 72.4 Å². The highest BCUT2D eigenvalue weighted by atomic mass is 16.2. The first-order valence-corrected chi connectivity index (χ1v) is 13.7. The van der Waals surface area contributed by atoms with Gasteiger partial charge in [-0.3, -0.25) is 19.6 Å². The number of benzene rings is 2. The fourth-order valence-corrected chi connectivity index (χ4v) is 4.06. The monoisotopic (exact) mass is 547 g/mol. The summed E-state index contributed by atoms with van der Waals surface area (Å²) >= 11 is 0. The molecular formula is C29H41N9O2. The number of hydrogen-bond acceptors (Lipinski definition) is 7. The average molecular weight is 548 g/mol. The lowest BCUT2D eigenvalue weighted by molar-refractivity contribution is -0.127. The van der Waals surface area contributed by atoms with Crippen LogP contribution in [0.25, 0.3) is 10.9 Å². The molecule has 0 saturated heterocycles. The molecule has 0 radical (unpaired) electrons. The number of aromatic nitrogens is 1. The van der Waals surface area contributed by atoms with Gasteiger partial charge in [-0.15, -0.1) is 0 Å². The number of amides is 2. The minimum absolute atomic E-state index is 0.320. The zero-order valence-electron chi connectivity index (χ0n) is 22.8. The fourth-order valence-electron chi connectivity index (χ4n) is 4.06. The molecule has 0 fully saturated rings. The Kier molecular flexibility index (Phi) is 12.8. The molecule has 0 saturated carbocycles. The van der Waals surface area contributed by atoms with Gasteiger partial charge < -0.3 is 38.5 Å². The summed E-state index contributed by atoms with van der Waals surface area (Å²) in [5, 5.41) is 12.9. The summed E-state index contributed by atoms with van der Waals surface area (Å²) in [7, 11) is 0. The van der Waals surface area contributed by atoms with Crippen molar-refractivity contribution in [2.75, 3.05) is 38.0 Å². The lowest BCUT2D eigenvalue weighted by atomic mass is 10.0. The highest BCUT2D eigenvalue weighted by Crippen LogP contribution is 2.17. The summed E-state index contributed by atoms with van der Waals surface area (Å²) in [5.41, 5.74) is 19.8. The summed E-state index contributed by atoms with van der Waals surface area (Å²) in [4.78, 5) is 35.2. The van der Waals surface area contributed by atoms with Crippen LogP contribution in [0, 0.1) is 0 Å². The molecule has 0 aliphatic heterocycles. The molecule has 3 rings (SSSR count). The third-order valence-electron chi connectivity index (χ3n) is 6.21. The second-order valence-corrected chi connectivity index (χ2v) is 9.40. The summed E-state index contributed by atoms with van der Waals surface area (Å²) in [5.74, 6) is -0.0777. The fraction of sp³-hybridized carbons (Fsp3) is 0.379. The third kappa shape index (κ3) is 10.3. The molecule has 214 valence electrons. The van der Waals surface area contributed by atoms with Crippen LogP contribution in [0.3, 0.4) is 0 Å². The number of nitrogens with zero attached hydrogens (tertiary/aromatic N) is 2. The van der Waals surface area contributed by atoms with E-state index in [0.29, 0.717) is 70.1 Å². The van der Waals surface area contributed by atoms with Gasteiger partial charge in [-0.05, 0) is 43.4 Å². The largest absolute Gasteiger partial charge is 0.355 e. The SMILES string of the molecule is NCCNC(=NCCC[C@H](N)C(=O)N[C@@H](CCc1ccccc1)C(=O)Nc1cnc2ccccc2c1)NCCN. The number of nitrogens with one attached hydrogen (secondary N) is 4. The third-order valence-corrected chi connectivity index (χ3v) is 6.21. The second-order valence-electron chi connectivity index (χ2n) is 9.40. The van der Waals surface area contributed by atoms with E-state index in [1.165, 1.54) is 0 Å². The Bertz CT molecular complexity index is 1230. The van der Waals surface area contributed by atoms with Crippen molar-refractivity contribution in [2.45, 2.75) is 37.8 Å². The van der Waals surface area contributed by atoms with Crippen LogP contribution in [0.1, 0.15) is 24.8 Å². The molecule has 0 unspecified atom stereocenters. The normalized spacial score (nSPS) is 12.3. The van der Waals surface area contributed by atoms with Crippen molar-refractivity contribution in [3.63, 3.8) is 0 Å². The first-order valence-electron chi connectivity index (χ1n) is 13.7. The van der Waals surface area contributed by atoms with Gasteiger partial charge >= 0.3 is 0 Å². The van der Waals surface area contributed by atoms with E-state index >= 15 is 0 Å². The topological polar surface area (TPSA) is 186 Å². The summed E-state index contributed by atoms with van der Waals surface area (Å²) in [6.07, 6.45) is 3.66. The minimum atomic E-state index is -0.776.